The number of nitro groups is 1. The van der Waals surface area contributed by atoms with Crippen LogP contribution in [-0.2, 0) is 16.5 Å². The number of nitro benzene ring substituents is 1. The van der Waals surface area contributed by atoms with Crippen LogP contribution < -0.4 is 0 Å². The minimum atomic E-state index is -4.59. The van der Waals surface area contributed by atoms with E-state index in [1.165, 1.54) is 18.2 Å². The fraction of sp³-hybridized carbons (Fsp3) is 0.111. The molecule has 0 saturated carbocycles. The zero-order chi connectivity index (χ0) is 20.5. The zero-order valence-corrected chi connectivity index (χ0v) is 15.4. The van der Waals surface area contributed by atoms with Crippen LogP contribution in [0, 0.1) is 10.1 Å². The van der Waals surface area contributed by atoms with Crippen molar-refractivity contribution in [1.29, 1.82) is 0 Å². The molecular weight excluding hydrogens is 386 g/mol. The summed E-state index contributed by atoms with van der Waals surface area (Å²) in [7, 11) is -4.59. The number of benzene rings is 3. The summed E-state index contributed by atoms with van der Waals surface area (Å²) in [6, 6.07) is 11.5. The molecule has 0 fully saturated rings. The van der Waals surface area contributed by atoms with Gasteiger partial charge in [0.1, 0.15) is 16.3 Å². The van der Waals surface area contributed by atoms with Crippen molar-refractivity contribution in [3.63, 3.8) is 0 Å². The van der Waals surface area contributed by atoms with Crippen LogP contribution in [0.25, 0.3) is 10.8 Å². The highest BCUT2D eigenvalue weighted by molar-refractivity contribution is 7.86. The summed E-state index contributed by atoms with van der Waals surface area (Å²) in [4.78, 5) is 10.2. The van der Waals surface area contributed by atoms with Gasteiger partial charge in [-0.15, -0.1) is 10.2 Å². The normalized spacial score (nSPS) is 11.9. The Morgan fingerprint density at radius 2 is 1.68 bits per heavy atom. The maximum Gasteiger partial charge on any atom is 0.297 e. The van der Waals surface area contributed by atoms with Crippen molar-refractivity contribution in [2.45, 2.75) is 18.2 Å². The van der Waals surface area contributed by atoms with Gasteiger partial charge in [-0.3, -0.25) is 14.7 Å². The molecule has 0 heterocycles. The minimum absolute atomic E-state index is 0.0531. The molecular formula is C18H15N3O6S. The van der Waals surface area contributed by atoms with Crippen LogP contribution in [0.1, 0.15) is 12.5 Å². The third kappa shape index (κ3) is 3.55. The predicted molar refractivity (Wildman–Crippen MR) is 102 cm³/mol. The van der Waals surface area contributed by atoms with E-state index in [0.717, 1.165) is 6.07 Å². The number of aromatic hydroxyl groups is 1. The molecule has 3 rings (SSSR count). The quantitative estimate of drug-likeness (QED) is 0.275. The van der Waals surface area contributed by atoms with E-state index in [1.807, 2.05) is 6.92 Å². The van der Waals surface area contributed by atoms with E-state index in [0.29, 0.717) is 12.0 Å². The molecule has 0 bridgehead atoms. The molecule has 0 aliphatic heterocycles. The van der Waals surface area contributed by atoms with Gasteiger partial charge in [-0.2, -0.15) is 8.42 Å². The monoisotopic (exact) mass is 401 g/mol. The topological polar surface area (TPSA) is 142 Å². The molecule has 2 N–H and O–H groups in total. The maximum atomic E-state index is 11.6. The van der Waals surface area contributed by atoms with E-state index in [1.54, 1.807) is 24.3 Å². The number of rotatable bonds is 5. The first-order valence-electron chi connectivity index (χ1n) is 8.14. The van der Waals surface area contributed by atoms with E-state index in [9.17, 15) is 28.2 Å². The van der Waals surface area contributed by atoms with Crippen LogP contribution in [0.2, 0.25) is 0 Å². The average molecular weight is 401 g/mol. The Morgan fingerprint density at radius 3 is 2.29 bits per heavy atom. The number of phenols is 1. The number of aryl methyl sites for hydroxylation is 1. The SMILES string of the molecule is CCc1cccc([N+](=O)[O-])c1N=Nc1c(O)cc(S(=O)(=O)O)c2ccccc12. The molecule has 3 aromatic carbocycles. The van der Waals surface area contributed by atoms with Crippen LogP contribution in [0.15, 0.2) is 63.7 Å². The Bertz CT molecular complexity index is 1220. The van der Waals surface area contributed by atoms with E-state index in [2.05, 4.69) is 10.2 Å². The molecule has 0 amide bonds. The van der Waals surface area contributed by atoms with E-state index in [-0.39, 0.29) is 27.8 Å². The standard InChI is InChI=1S/C18H15N3O6S/c1-2-11-6-5-9-14(21(23)24)17(11)19-20-18-13-8-4-3-7-12(13)16(10-15(18)22)28(25,26)27/h3-10,22H,2H2,1H3,(H,25,26,27). The van der Waals surface area contributed by atoms with Crippen LogP contribution in [0.3, 0.4) is 0 Å². The number of phenolic OH excluding ortho intramolecular Hbond substituents is 1. The van der Waals surface area contributed by atoms with Crippen molar-refractivity contribution in [3.05, 3.63) is 64.2 Å². The van der Waals surface area contributed by atoms with Crippen molar-refractivity contribution in [2.24, 2.45) is 10.2 Å². The summed E-state index contributed by atoms with van der Waals surface area (Å²) < 4.78 is 32.6. The van der Waals surface area contributed by atoms with Crippen molar-refractivity contribution in [2.75, 3.05) is 0 Å². The molecule has 144 valence electrons. The predicted octanol–water partition coefficient (Wildman–Crippen LogP) is 4.68. The Morgan fingerprint density at radius 1 is 1.04 bits per heavy atom. The molecule has 0 unspecified atom stereocenters. The summed E-state index contributed by atoms with van der Waals surface area (Å²) >= 11 is 0. The first-order chi connectivity index (χ1) is 13.2. The Balaban J connectivity index is 2.26. The van der Waals surface area contributed by atoms with Crippen LogP contribution in [-0.4, -0.2) is 23.0 Å². The van der Waals surface area contributed by atoms with Crippen molar-refractivity contribution >= 4 is 38.0 Å². The average Bonchev–Trinajstić information content (AvgIpc) is 2.65. The van der Waals surface area contributed by atoms with Gasteiger partial charge in [0, 0.05) is 22.9 Å². The lowest BCUT2D eigenvalue weighted by Crippen LogP contribution is -1.99. The van der Waals surface area contributed by atoms with Gasteiger partial charge in [-0.25, -0.2) is 0 Å². The summed E-state index contributed by atoms with van der Waals surface area (Å²) in [5.74, 6) is -0.535. The van der Waals surface area contributed by atoms with Crippen molar-refractivity contribution < 1.29 is 23.0 Å². The fourth-order valence-electron chi connectivity index (χ4n) is 2.86. The van der Waals surface area contributed by atoms with Gasteiger partial charge in [0.05, 0.1) is 4.92 Å². The van der Waals surface area contributed by atoms with E-state index < -0.39 is 25.7 Å². The van der Waals surface area contributed by atoms with Crippen molar-refractivity contribution in [3.8, 4) is 5.75 Å². The highest BCUT2D eigenvalue weighted by Gasteiger charge is 2.20. The number of nitrogens with zero attached hydrogens (tertiary/aromatic N) is 3. The van der Waals surface area contributed by atoms with Gasteiger partial charge >= 0.3 is 0 Å². The first-order valence-corrected chi connectivity index (χ1v) is 9.58. The highest BCUT2D eigenvalue weighted by atomic mass is 32.2. The second kappa shape index (κ2) is 7.33. The first kappa shape index (κ1) is 19.4. The Kier molecular flexibility index (Phi) is 5.08. The number of hydrogen-bond donors (Lipinski definition) is 2. The van der Waals surface area contributed by atoms with Gasteiger partial charge < -0.3 is 5.11 Å². The molecule has 0 atom stereocenters. The fourth-order valence-corrected chi connectivity index (χ4v) is 3.57. The summed E-state index contributed by atoms with van der Waals surface area (Å²) in [5.41, 5.74) is 0.346. The summed E-state index contributed by atoms with van der Waals surface area (Å²) in [5, 5.41) is 29.9. The molecule has 3 aromatic rings. The van der Waals surface area contributed by atoms with E-state index >= 15 is 0 Å². The third-order valence-corrected chi connectivity index (χ3v) is 5.06. The van der Waals surface area contributed by atoms with Crippen LogP contribution in [0.4, 0.5) is 17.1 Å². The lowest BCUT2D eigenvalue weighted by molar-refractivity contribution is -0.384. The van der Waals surface area contributed by atoms with Gasteiger partial charge in [-0.1, -0.05) is 43.3 Å². The van der Waals surface area contributed by atoms with Gasteiger partial charge in [0.15, 0.2) is 5.69 Å². The molecule has 0 aliphatic rings. The van der Waals surface area contributed by atoms with Gasteiger partial charge in [0.25, 0.3) is 15.8 Å². The molecule has 0 spiro atoms. The largest absolute Gasteiger partial charge is 0.506 e. The van der Waals surface area contributed by atoms with E-state index in [4.69, 9.17) is 0 Å². The lowest BCUT2D eigenvalue weighted by Gasteiger charge is -2.09. The highest BCUT2D eigenvalue weighted by Crippen LogP contribution is 2.41. The molecule has 0 aliphatic carbocycles. The van der Waals surface area contributed by atoms with Gasteiger partial charge in [0.2, 0.25) is 0 Å². The summed E-state index contributed by atoms with van der Waals surface area (Å²) in [6.07, 6.45) is 0.477. The third-order valence-electron chi connectivity index (χ3n) is 4.16. The molecule has 0 radical (unpaired) electrons. The molecule has 28 heavy (non-hydrogen) atoms. The molecule has 9 nitrogen and oxygen atoms in total. The van der Waals surface area contributed by atoms with Crippen LogP contribution >= 0.6 is 0 Å². The Hall–Kier alpha value is -3.37. The molecule has 0 saturated heterocycles. The molecule has 10 heteroatoms. The molecule has 0 aromatic heterocycles. The number of hydrogen-bond acceptors (Lipinski definition) is 7. The number of azo groups is 1. The van der Waals surface area contributed by atoms with Gasteiger partial charge in [-0.05, 0) is 12.0 Å². The Labute approximate surface area is 159 Å². The maximum absolute atomic E-state index is 11.6. The smallest absolute Gasteiger partial charge is 0.297 e. The lowest BCUT2D eigenvalue weighted by atomic mass is 10.1. The van der Waals surface area contributed by atoms with Crippen molar-refractivity contribution in [1.82, 2.24) is 0 Å². The zero-order valence-electron chi connectivity index (χ0n) is 14.6. The minimum Gasteiger partial charge on any atom is -0.506 e. The summed E-state index contributed by atoms with van der Waals surface area (Å²) in [6.45, 7) is 1.81. The second-order valence-corrected chi connectivity index (χ2v) is 7.25. The number of fused-ring (bicyclic) bond motifs is 1. The second-order valence-electron chi connectivity index (χ2n) is 5.86. The van der Waals surface area contributed by atoms with Crippen LogP contribution in [0.5, 0.6) is 5.75 Å².